The monoisotopic (exact) mass is 621 g/mol. The highest BCUT2D eigenvalue weighted by Gasteiger charge is 2.63. The Hall–Kier alpha value is -3.44. The Kier molecular flexibility index (Phi) is 9.24. The van der Waals surface area contributed by atoms with Gasteiger partial charge in [0.05, 0.1) is 39.3 Å². The molecule has 0 amide bonds. The third kappa shape index (κ3) is 5.83. The first kappa shape index (κ1) is 33.5. The quantitative estimate of drug-likeness (QED) is 0.150. The molecule has 0 bridgehead atoms. The molecule has 2 aliphatic carbocycles. The SMILES string of the molecule is COc1cccc(OC)c1C(=O)C1(C)CC(C)(C)C=CC1[P+](=O)C1C=CC(C)(C)CC1(C)C(=O)c1c(OC)cccc1OC. The largest absolute Gasteiger partial charge is 0.496 e. The minimum Gasteiger partial charge on any atom is -0.496 e. The number of hydrogen-bond donors (Lipinski definition) is 0. The summed E-state index contributed by atoms with van der Waals surface area (Å²) < 4.78 is 37.6. The van der Waals surface area contributed by atoms with Crippen LogP contribution in [0.4, 0.5) is 0 Å². The Morgan fingerprint density at radius 1 is 0.614 bits per heavy atom. The number of rotatable bonds is 10. The second-order valence-corrected chi connectivity index (χ2v) is 15.7. The van der Waals surface area contributed by atoms with Crippen molar-refractivity contribution in [3.8, 4) is 23.0 Å². The number of hydrogen-bond acceptors (Lipinski definition) is 7. The lowest BCUT2D eigenvalue weighted by Gasteiger charge is -2.43. The second-order valence-electron chi connectivity index (χ2n) is 13.9. The van der Waals surface area contributed by atoms with Crippen LogP contribution in [-0.4, -0.2) is 51.3 Å². The first-order valence-electron chi connectivity index (χ1n) is 14.9. The zero-order valence-corrected chi connectivity index (χ0v) is 28.5. The van der Waals surface area contributed by atoms with E-state index in [1.54, 1.807) is 36.4 Å². The summed E-state index contributed by atoms with van der Waals surface area (Å²) in [6, 6.07) is 10.5. The first-order valence-corrected chi connectivity index (χ1v) is 16.3. The molecule has 2 aromatic carbocycles. The van der Waals surface area contributed by atoms with Gasteiger partial charge in [0.15, 0.2) is 22.9 Å². The average molecular weight is 622 g/mol. The van der Waals surface area contributed by atoms with E-state index in [4.69, 9.17) is 18.9 Å². The van der Waals surface area contributed by atoms with Gasteiger partial charge in [-0.3, -0.25) is 9.59 Å². The van der Waals surface area contributed by atoms with E-state index in [0.29, 0.717) is 47.0 Å². The summed E-state index contributed by atoms with van der Waals surface area (Å²) in [6.07, 6.45) is 8.88. The molecule has 0 saturated carbocycles. The van der Waals surface area contributed by atoms with E-state index < -0.39 is 29.9 Å². The summed E-state index contributed by atoms with van der Waals surface area (Å²) in [5, 5.41) is 0. The van der Waals surface area contributed by atoms with Crippen LogP contribution in [-0.2, 0) is 4.57 Å². The van der Waals surface area contributed by atoms with Crippen LogP contribution in [0, 0.1) is 21.7 Å². The molecule has 4 atom stereocenters. The number of Topliss-reactive ketones (excluding diaryl/α,β-unsaturated/α-hetero) is 2. The predicted molar refractivity (Wildman–Crippen MR) is 174 cm³/mol. The highest BCUT2D eigenvalue weighted by molar-refractivity contribution is 7.47. The molecule has 4 unspecified atom stereocenters. The van der Waals surface area contributed by atoms with Gasteiger partial charge in [-0.15, -0.1) is 0 Å². The number of ether oxygens (including phenoxy) is 4. The van der Waals surface area contributed by atoms with Crippen molar-refractivity contribution in [2.75, 3.05) is 28.4 Å². The second kappa shape index (κ2) is 12.2. The van der Waals surface area contributed by atoms with Gasteiger partial charge in [0.1, 0.15) is 34.1 Å². The summed E-state index contributed by atoms with van der Waals surface area (Å²) in [5.41, 5.74) is -3.48. The smallest absolute Gasteiger partial charge is 0.355 e. The number of benzene rings is 2. The van der Waals surface area contributed by atoms with Crippen molar-refractivity contribution >= 4 is 19.4 Å². The Morgan fingerprint density at radius 2 is 0.909 bits per heavy atom. The van der Waals surface area contributed by atoms with Gasteiger partial charge >= 0.3 is 7.80 Å². The molecular formula is C36H46O7P+. The van der Waals surface area contributed by atoms with Gasteiger partial charge in [0, 0.05) is 0 Å². The third-order valence-corrected chi connectivity index (χ3v) is 11.9. The summed E-state index contributed by atoms with van der Waals surface area (Å²) in [7, 11) is 3.88. The summed E-state index contributed by atoms with van der Waals surface area (Å²) >= 11 is 0. The van der Waals surface area contributed by atoms with Gasteiger partial charge in [-0.25, -0.2) is 0 Å². The van der Waals surface area contributed by atoms with Crippen LogP contribution in [0.1, 0.15) is 75.1 Å². The van der Waals surface area contributed by atoms with Crippen LogP contribution in [0.5, 0.6) is 23.0 Å². The molecule has 0 N–H and O–H groups in total. The molecule has 0 heterocycles. The fourth-order valence-electron chi connectivity index (χ4n) is 7.40. The first-order chi connectivity index (χ1) is 20.6. The topological polar surface area (TPSA) is 88.1 Å². The molecule has 8 heteroatoms. The van der Waals surface area contributed by atoms with E-state index in [9.17, 15) is 9.59 Å². The fraction of sp³-hybridized carbons (Fsp3) is 0.500. The van der Waals surface area contributed by atoms with E-state index in [0.717, 1.165) is 0 Å². The number of ketones is 2. The number of carbonyl (C=O) groups excluding carboxylic acids is 2. The molecular weight excluding hydrogens is 575 g/mol. The molecule has 0 aromatic heterocycles. The third-order valence-electron chi connectivity index (χ3n) is 9.31. The lowest BCUT2D eigenvalue weighted by Crippen LogP contribution is -2.48. The summed E-state index contributed by atoms with van der Waals surface area (Å²) in [4.78, 5) is 29.4. The Balaban J connectivity index is 1.89. The number of carbonyl (C=O) groups is 2. The van der Waals surface area contributed by atoms with E-state index in [1.807, 2.05) is 26.0 Å². The standard InChI is InChI=1S/C36H46O7P/c1-33(2)19-17-27(35(5,21-33)31(37)29-23(40-7)13-11-14-24(29)41-8)44(39)28-18-20-34(3,4)22-36(28,6)32(38)30-25(42-9)15-12-16-26(30)43-10/h11-20,27-28H,21-22H2,1-10H3/q+1. The van der Waals surface area contributed by atoms with Crippen molar-refractivity contribution in [3.05, 3.63) is 71.8 Å². The maximum absolute atomic E-state index is 15.1. The molecule has 0 aliphatic heterocycles. The van der Waals surface area contributed by atoms with Crippen LogP contribution in [0.25, 0.3) is 0 Å². The van der Waals surface area contributed by atoms with Gasteiger partial charge < -0.3 is 18.9 Å². The van der Waals surface area contributed by atoms with E-state index in [2.05, 4.69) is 39.8 Å². The van der Waals surface area contributed by atoms with Crippen LogP contribution in [0.3, 0.4) is 0 Å². The van der Waals surface area contributed by atoms with Crippen LogP contribution in [0.15, 0.2) is 60.7 Å². The van der Waals surface area contributed by atoms with Crippen LogP contribution < -0.4 is 18.9 Å². The summed E-state index contributed by atoms with van der Waals surface area (Å²) in [6.45, 7) is 12.1. The van der Waals surface area contributed by atoms with Crippen LogP contribution in [0.2, 0.25) is 0 Å². The zero-order valence-electron chi connectivity index (χ0n) is 27.6. The lowest BCUT2D eigenvalue weighted by atomic mass is 9.64. The zero-order chi connectivity index (χ0) is 32.7. The average Bonchev–Trinajstić information content (AvgIpc) is 2.98. The van der Waals surface area contributed by atoms with Gasteiger partial charge in [-0.1, -0.05) is 56.5 Å². The van der Waals surface area contributed by atoms with Crippen molar-refractivity contribution in [3.63, 3.8) is 0 Å². The molecule has 2 aromatic rings. The van der Waals surface area contributed by atoms with Gasteiger partial charge in [-0.05, 0) is 73.9 Å². The number of allylic oxidation sites excluding steroid dienone is 4. The predicted octanol–water partition coefficient (Wildman–Crippen LogP) is 8.34. The van der Waals surface area contributed by atoms with Crippen molar-refractivity contribution in [1.29, 1.82) is 0 Å². The van der Waals surface area contributed by atoms with Crippen molar-refractivity contribution in [2.24, 2.45) is 21.7 Å². The molecule has 0 radical (unpaired) electrons. The Labute approximate surface area is 262 Å². The van der Waals surface area contributed by atoms with Gasteiger partial charge in [0.25, 0.3) is 0 Å². The molecule has 236 valence electrons. The molecule has 44 heavy (non-hydrogen) atoms. The molecule has 0 fully saturated rings. The molecule has 0 saturated heterocycles. The van der Waals surface area contributed by atoms with E-state index in [-0.39, 0.29) is 22.4 Å². The highest BCUT2D eigenvalue weighted by Crippen LogP contribution is 2.61. The Bertz CT molecular complexity index is 1360. The maximum atomic E-state index is 15.1. The van der Waals surface area contributed by atoms with Crippen molar-refractivity contribution < 1.29 is 33.1 Å². The van der Waals surface area contributed by atoms with Gasteiger partial charge in [-0.2, -0.15) is 0 Å². The van der Waals surface area contributed by atoms with Crippen molar-refractivity contribution in [1.82, 2.24) is 0 Å². The number of methoxy groups -OCH3 is 4. The van der Waals surface area contributed by atoms with E-state index >= 15 is 4.57 Å². The molecule has 4 rings (SSSR count). The highest BCUT2D eigenvalue weighted by atomic mass is 31.1. The molecule has 7 nitrogen and oxygen atoms in total. The van der Waals surface area contributed by atoms with Gasteiger partial charge in [0.2, 0.25) is 0 Å². The summed E-state index contributed by atoms with van der Waals surface area (Å²) in [5.74, 6) is 1.22. The minimum absolute atomic E-state index is 0.197. The fourth-order valence-corrected chi connectivity index (χ4v) is 9.80. The normalized spacial score (nSPS) is 27.3. The van der Waals surface area contributed by atoms with E-state index in [1.165, 1.54) is 28.4 Å². The van der Waals surface area contributed by atoms with Crippen LogP contribution >= 0.6 is 7.80 Å². The Morgan fingerprint density at radius 3 is 1.18 bits per heavy atom. The maximum Gasteiger partial charge on any atom is 0.355 e. The van der Waals surface area contributed by atoms with Crippen molar-refractivity contribution in [2.45, 2.75) is 65.7 Å². The molecule has 0 spiro atoms. The molecule has 2 aliphatic rings. The lowest BCUT2D eigenvalue weighted by molar-refractivity contribution is 0.0725. The minimum atomic E-state index is -2.21.